The second kappa shape index (κ2) is 7.15. The number of rotatable bonds is 6. The lowest BCUT2D eigenvalue weighted by atomic mass is 9.66. The maximum absolute atomic E-state index is 13.3. The van der Waals surface area contributed by atoms with Gasteiger partial charge in [-0.05, 0) is 73.3 Å². The van der Waals surface area contributed by atoms with Crippen molar-refractivity contribution >= 4 is 15.4 Å². The maximum Gasteiger partial charge on any atom is 0.154 e. The van der Waals surface area contributed by atoms with Crippen molar-refractivity contribution in [2.75, 3.05) is 6.26 Å². The van der Waals surface area contributed by atoms with Gasteiger partial charge in [0.25, 0.3) is 0 Å². The third-order valence-corrected chi connectivity index (χ3v) is 7.50. The van der Waals surface area contributed by atoms with Gasteiger partial charge in [-0.3, -0.25) is 0 Å². The molecular formula is C22H27FO2S. The summed E-state index contributed by atoms with van der Waals surface area (Å²) in [5, 5.41) is -0.550. The highest BCUT2D eigenvalue weighted by Gasteiger charge is 2.43. The van der Waals surface area contributed by atoms with Crippen molar-refractivity contribution < 1.29 is 12.8 Å². The van der Waals surface area contributed by atoms with Gasteiger partial charge < -0.3 is 0 Å². The van der Waals surface area contributed by atoms with Crippen LogP contribution < -0.4 is 0 Å². The molecule has 0 N–H and O–H groups in total. The molecule has 4 heteroatoms. The third-order valence-electron chi connectivity index (χ3n) is 6.02. The Morgan fingerprint density at radius 3 is 2.42 bits per heavy atom. The Morgan fingerprint density at radius 2 is 1.92 bits per heavy atom. The van der Waals surface area contributed by atoms with Crippen LogP contribution in [-0.2, 0) is 9.84 Å². The SMILES string of the molecule is C=CC(C/C=C(\C)C1=C(c2ccc(F)cc2)CC2(CCC2)C1)S(C)(=O)=O. The summed E-state index contributed by atoms with van der Waals surface area (Å²) in [7, 11) is -3.14. The zero-order valence-electron chi connectivity index (χ0n) is 15.6. The van der Waals surface area contributed by atoms with E-state index in [0.717, 1.165) is 24.0 Å². The van der Waals surface area contributed by atoms with E-state index in [4.69, 9.17) is 0 Å². The van der Waals surface area contributed by atoms with E-state index in [-0.39, 0.29) is 5.82 Å². The van der Waals surface area contributed by atoms with Crippen molar-refractivity contribution in [3.8, 4) is 0 Å². The zero-order valence-corrected chi connectivity index (χ0v) is 16.4. The van der Waals surface area contributed by atoms with Gasteiger partial charge in [-0.2, -0.15) is 0 Å². The summed E-state index contributed by atoms with van der Waals surface area (Å²) in [5.74, 6) is -0.221. The van der Waals surface area contributed by atoms with E-state index in [2.05, 4.69) is 13.5 Å². The molecule has 2 nitrogen and oxygen atoms in total. The molecule has 2 aliphatic rings. The Bertz CT molecular complexity index is 856. The second-order valence-corrected chi connectivity index (χ2v) is 10.2. The number of hydrogen-bond acceptors (Lipinski definition) is 2. The highest BCUT2D eigenvalue weighted by molar-refractivity contribution is 7.91. The molecule has 1 atom stereocenters. The molecule has 140 valence electrons. The molecule has 26 heavy (non-hydrogen) atoms. The first-order valence-corrected chi connectivity index (χ1v) is 11.2. The summed E-state index contributed by atoms with van der Waals surface area (Å²) in [5.41, 5.74) is 5.20. The molecule has 3 rings (SSSR count). The van der Waals surface area contributed by atoms with E-state index in [1.165, 1.54) is 54.9 Å². The Labute approximate surface area is 156 Å². The average Bonchev–Trinajstić information content (AvgIpc) is 2.96. The van der Waals surface area contributed by atoms with Crippen LogP contribution in [0.3, 0.4) is 0 Å². The van der Waals surface area contributed by atoms with Gasteiger partial charge in [0.05, 0.1) is 5.25 Å². The number of halogens is 1. The summed E-state index contributed by atoms with van der Waals surface area (Å²) in [6.07, 6.45) is 11.1. The van der Waals surface area contributed by atoms with Gasteiger partial charge in [-0.25, -0.2) is 12.8 Å². The summed E-state index contributed by atoms with van der Waals surface area (Å²) in [6, 6.07) is 6.75. The largest absolute Gasteiger partial charge is 0.229 e. The molecule has 2 aliphatic carbocycles. The van der Waals surface area contributed by atoms with Crippen LogP contribution in [0.15, 0.2) is 54.1 Å². The fourth-order valence-corrected chi connectivity index (χ4v) is 5.02. The monoisotopic (exact) mass is 374 g/mol. The molecule has 0 amide bonds. The molecule has 1 aromatic carbocycles. The van der Waals surface area contributed by atoms with E-state index in [0.29, 0.717) is 11.8 Å². The lowest BCUT2D eigenvalue weighted by Crippen LogP contribution is -2.26. The van der Waals surface area contributed by atoms with E-state index >= 15 is 0 Å². The number of allylic oxidation sites excluding steroid dienone is 4. The predicted molar refractivity (Wildman–Crippen MR) is 106 cm³/mol. The van der Waals surface area contributed by atoms with Crippen molar-refractivity contribution in [3.63, 3.8) is 0 Å². The first-order valence-electron chi connectivity index (χ1n) is 9.21. The second-order valence-electron chi connectivity index (χ2n) is 7.90. The van der Waals surface area contributed by atoms with Crippen LogP contribution >= 0.6 is 0 Å². The van der Waals surface area contributed by atoms with Crippen LogP contribution in [0.25, 0.3) is 5.57 Å². The average molecular weight is 375 g/mol. The topological polar surface area (TPSA) is 34.1 Å². The molecule has 0 aliphatic heterocycles. The number of benzene rings is 1. The fourth-order valence-electron chi connectivity index (χ4n) is 4.22. The normalized spacial score (nSPS) is 21.0. The van der Waals surface area contributed by atoms with Crippen LogP contribution in [0.2, 0.25) is 0 Å². The van der Waals surface area contributed by atoms with Gasteiger partial charge in [0.15, 0.2) is 9.84 Å². The Kier molecular flexibility index (Phi) is 5.25. The van der Waals surface area contributed by atoms with Crippen molar-refractivity contribution in [2.24, 2.45) is 5.41 Å². The molecule has 1 saturated carbocycles. The first kappa shape index (κ1) is 19.1. The number of hydrogen-bond donors (Lipinski definition) is 0. The first-order chi connectivity index (χ1) is 12.2. The van der Waals surface area contributed by atoms with Crippen molar-refractivity contribution in [1.82, 2.24) is 0 Å². The van der Waals surface area contributed by atoms with Crippen molar-refractivity contribution in [1.29, 1.82) is 0 Å². The van der Waals surface area contributed by atoms with Crippen LogP contribution in [-0.4, -0.2) is 19.9 Å². The van der Waals surface area contributed by atoms with Crippen LogP contribution in [0.5, 0.6) is 0 Å². The summed E-state index contributed by atoms with van der Waals surface area (Å²) < 4.78 is 37.0. The molecule has 0 aromatic heterocycles. The fraction of sp³-hybridized carbons (Fsp3) is 0.455. The Hall–Kier alpha value is -1.68. The molecule has 1 fully saturated rings. The van der Waals surface area contributed by atoms with Crippen molar-refractivity contribution in [2.45, 2.75) is 50.7 Å². The molecule has 1 spiro atoms. The zero-order chi connectivity index (χ0) is 18.9. The lowest BCUT2D eigenvalue weighted by Gasteiger charge is -2.39. The molecule has 1 aromatic rings. The molecule has 0 saturated heterocycles. The summed E-state index contributed by atoms with van der Waals surface area (Å²) in [6.45, 7) is 5.73. The van der Waals surface area contributed by atoms with E-state index < -0.39 is 15.1 Å². The van der Waals surface area contributed by atoms with Gasteiger partial charge in [0.1, 0.15) is 5.82 Å². The van der Waals surface area contributed by atoms with Gasteiger partial charge in [-0.15, -0.1) is 6.58 Å². The van der Waals surface area contributed by atoms with Gasteiger partial charge in [0, 0.05) is 6.26 Å². The van der Waals surface area contributed by atoms with Crippen LogP contribution in [0.4, 0.5) is 4.39 Å². The quantitative estimate of drug-likeness (QED) is 0.618. The van der Waals surface area contributed by atoms with E-state index in [1.54, 1.807) is 0 Å². The molecule has 0 radical (unpaired) electrons. The Morgan fingerprint density at radius 1 is 1.27 bits per heavy atom. The standard InChI is InChI=1S/C22H27FO2S/c1-4-19(26(3,24)25)11-6-16(2)20-14-22(12-5-13-22)15-21(20)17-7-9-18(23)10-8-17/h4,6-10,19H,1,5,11-15H2,2-3H3/b16-6+. The maximum atomic E-state index is 13.3. The van der Waals surface area contributed by atoms with Crippen molar-refractivity contribution in [3.05, 3.63) is 65.5 Å². The molecule has 0 bridgehead atoms. The van der Waals surface area contributed by atoms with Gasteiger partial charge >= 0.3 is 0 Å². The van der Waals surface area contributed by atoms with Crippen LogP contribution in [0.1, 0.15) is 51.0 Å². The Balaban J connectivity index is 1.92. The molecule has 1 unspecified atom stereocenters. The smallest absolute Gasteiger partial charge is 0.154 e. The lowest BCUT2D eigenvalue weighted by molar-refractivity contribution is 0.152. The minimum Gasteiger partial charge on any atom is -0.229 e. The van der Waals surface area contributed by atoms with Gasteiger partial charge in [-0.1, -0.05) is 36.3 Å². The minimum absolute atomic E-state index is 0.221. The minimum atomic E-state index is -3.14. The molecule has 0 heterocycles. The van der Waals surface area contributed by atoms with Crippen LogP contribution in [0, 0.1) is 11.2 Å². The van der Waals surface area contributed by atoms with E-state index in [1.807, 2.05) is 18.2 Å². The summed E-state index contributed by atoms with van der Waals surface area (Å²) in [4.78, 5) is 0. The molecular weight excluding hydrogens is 347 g/mol. The summed E-state index contributed by atoms with van der Waals surface area (Å²) >= 11 is 0. The highest BCUT2D eigenvalue weighted by atomic mass is 32.2. The predicted octanol–water partition coefficient (Wildman–Crippen LogP) is 5.48. The van der Waals surface area contributed by atoms with Gasteiger partial charge in [0.2, 0.25) is 0 Å². The number of sulfone groups is 1. The van der Waals surface area contributed by atoms with E-state index in [9.17, 15) is 12.8 Å². The highest BCUT2D eigenvalue weighted by Crippen LogP contribution is 2.58. The third kappa shape index (κ3) is 3.85.